The lowest BCUT2D eigenvalue weighted by Crippen LogP contribution is -2.27. The topological polar surface area (TPSA) is 75.9 Å². The van der Waals surface area contributed by atoms with Crippen LogP contribution in [0.1, 0.15) is 22.5 Å². The number of anilines is 1. The zero-order valence-corrected chi connectivity index (χ0v) is 12.6. The van der Waals surface area contributed by atoms with Gasteiger partial charge in [-0.15, -0.1) is 0 Å². The van der Waals surface area contributed by atoms with Crippen LogP contribution >= 0.6 is 0 Å². The van der Waals surface area contributed by atoms with E-state index in [0.29, 0.717) is 23.8 Å². The van der Waals surface area contributed by atoms with Gasteiger partial charge in [0.25, 0.3) is 5.91 Å². The summed E-state index contributed by atoms with van der Waals surface area (Å²) < 4.78 is 1.98. The predicted molar refractivity (Wildman–Crippen MR) is 80.3 cm³/mol. The molecule has 0 spiro atoms. The molecule has 0 aliphatic rings. The number of aromatic nitrogens is 4. The van der Waals surface area contributed by atoms with Crippen molar-refractivity contribution < 1.29 is 4.79 Å². The quantitative estimate of drug-likeness (QED) is 0.798. The highest BCUT2D eigenvalue weighted by Crippen LogP contribution is 2.08. The van der Waals surface area contributed by atoms with Crippen LogP contribution < -0.4 is 10.2 Å². The fourth-order valence-electron chi connectivity index (χ4n) is 1.87. The third-order valence-corrected chi connectivity index (χ3v) is 3.05. The van der Waals surface area contributed by atoms with Crippen molar-refractivity contribution in [3.8, 4) is 0 Å². The highest BCUT2D eigenvalue weighted by Gasteiger charge is 2.11. The molecule has 1 N–H and O–H groups in total. The maximum Gasteiger partial charge on any atom is 0.254 e. The van der Waals surface area contributed by atoms with Crippen LogP contribution in [0, 0.1) is 6.92 Å². The summed E-state index contributed by atoms with van der Waals surface area (Å²) in [5, 5.41) is 2.88. The summed E-state index contributed by atoms with van der Waals surface area (Å²) in [5.41, 5.74) is 1.20. The monoisotopic (exact) mass is 288 g/mol. The largest absolute Gasteiger partial charge is 0.352 e. The van der Waals surface area contributed by atoms with Crippen molar-refractivity contribution in [2.24, 2.45) is 0 Å². The van der Waals surface area contributed by atoms with Crippen LogP contribution in [-0.4, -0.2) is 46.1 Å². The van der Waals surface area contributed by atoms with Crippen LogP contribution in [0.5, 0.6) is 0 Å². The van der Waals surface area contributed by atoms with Gasteiger partial charge in [0.05, 0.1) is 17.6 Å². The highest BCUT2D eigenvalue weighted by atomic mass is 16.1. The maximum absolute atomic E-state index is 12.1. The summed E-state index contributed by atoms with van der Waals surface area (Å²) >= 11 is 0. The molecule has 7 heteroatoms. The number of hydrogen-bond donors (Lipinski definition) is 1. The molecule has 2 aromatic rings. The fourth-order valence-corrected chi connectivity index (χ4v) is 1.87. The Morgan fingerprint density at radius 1 is 1.43 bits per heavy atom. The fraction of sp³-hybridized carbons (Fsp3) is 0.429. The van der Waals surface area contributed by atoms with Crippen molar-refractivity contribution in [2.75, 3.05) is 25.5 Å². The lowest BCUT2D eigenvalue weighted by molar-refractivity contribution is 0.0951. The summed E-state index contributed by atoms with van der Waals surface area (Å²) in [4.78, 5) is 26.3. The first-order valence-electron chi connectivity index (χ1n) is 6.83. The first kappa shape index (κ1) is 15.0. The van der Waals surface area contributed by atoms with Crippen LogP contribution in [0.3, 0.4) is 0 Å². The van der Waals surface area contributed by atoms with Crippen LogP contribution in [0.25, 0.3) is 0 Å². The molecule has 0 aromatic carbocycles. The van der Waals surface area contributed by atoms with Gasteiger partial charge in [-0.3, -0.25) is 4.79 Å². The van der Waals surface area contributed by atoms with E-state index in [9.17, 15) is 4.79 Å². The zero-order chi connectivity index (χ0) is 15.2. The third kappa shape index (κ3) is 4.01. The smallest absolute Gasteiger partial charge is 0.254 e. The number of amides is 1. The molecule has 0 aliphatic heterocycles. The molecule has 0 saturated heterocycles. The Hall–Kier alpha value is -2.44. The minimum atomic E-state index is -0.136. The Balaban J connectivity index is 1.85. The van der Waals surface area contributed by atoms with Gasteiger partial charge in [-0.2, -0.15) is 0 Å². The van der Waals surface area contributed by atoms with Crippen LogP contribution in [0.2, 0.25) is 0 Å². The van der Waals surface area contributed by atoms with Crippen molar-refractivity contribution in [2.45, 2.75) is 19.9 Å². The molecule has 0 unspecified atom stereocenters. The van der Waals surface area contributed by atoms with Crippen molar-refractivity contribution in [3.63, 3.8) is 0 Å². The van der Waals surface area contributed by atoms with Gasteiger partial charge in [-0.05, 0) is 13.3 Å². The number of imidazole rings is 1. The molecular weight excluding hydrogens is 268 g/mol. The second kappa shape index (κ2) is 6.83. The third-order valence-electron chi connectivity index (χ3n) is 3.05. The molecule has 1 amide bonds. The molecule has 7 nitrogen and oxygen atoms in total. The van der Waals surface area contributed by atoms with Gasteiger partial charge in [0, 0.05) is 45.8 Å². The van der Waals surface area contributed by atoms with Gasteiger partial charge >= 0.3 is 0 Å². The van der Waals surface area contributed by atoms with Gasteiger partial charge in [-0.1, -0.05) is 0 Å². The average Bonchev–Trinajstić information content (AvgIpc) is 2.96. The van der Waals surface area contributed by atoms with E-state index < -0.39 is 0 Å². The first-order chi connectivity index (χ1) is 10.1. The number of hydrogen-bond acceptors (Lipinski definition) is 5. The molecular formula is C14H20N6O. The Morgan fingerprint density at radius 3 is 2.86 bits per heavy atom. The summed E-state index contributed by atoms with van der Waals surface area (Å²) in [6, 6.07) is 0. The highest BCUT2D eigenvalue weighted by molar-refractivity contribution is 5.94. The molecule has 0 fully saturated rings. The standard InChI is InChI=1S/C14H20N6O/c1-11-12(9-17-14(18-11)19(2)3)13(21)16-5-4-7-20-8-6-15-10-20/h6,8-10H,4-5,7H2,1-3H3,(H,16,21). The van der Waals surface area contributed by atoms with Crippen LogP contribution in [-0.2, 0) is 6.54 Å². The minimum absolute atomic E-state index is 0.136. The molecule has 2 aromatic heterocycles. The van der Waals surface area contributed by atoms with E-state index in [0.717, 1.165) is 13.0 Å². The first-order valence-corrected chi connectivity index (χ1v) is 6.83. The van der Waals surface area contributed by atoms with Crippen molar-refractivity contribution in [1.29, 1.82) is 0 Å². The SMILES string of the molecule is Cc1nc(N(C)C)ncc1C(=O)NCCCn1ccnc1. The number of carbonyl (C=O) groups excluding carboxylic acids is 1. The molecule has 0 saturated carbocycles. The van der Waals surface area contributed by atoms with E-state index in [4.69, 9.17) is 0 Å². The van der Waals surface area contributed by atoms with Gasteiger partial charge in [0.15, 0.2) is 0 Å². The lowest BCUT2D eigenvalue weighted by atomic mass is 10.2. The Morgan fingerprint density at radius 2 is 2.24 bits per heavy atom. The number of carbonyl (C=O) groups is 1. The van der Waals surface area contributed by atoms with Crippen molar-refractivity contribution in [3.05, 3.63) is 36.2 Å². The molecule has 21 heavy (non-hydrogen) atoms. The van der Waals surface area contributed by atoms with E-state index in [1.807, 2.05) is 31.8 Å². The van der Waals surface area contributed by atoms with Gasteiger partial charge in [0.2, 0.25) is 5.95 Å². The number of nitrogens with zero attached hydrogens (tertiary/aromatic N) is 5. The molecule has 2 rings (SSSR count). The van der Waals surface area contributed by atoms with Crippen molar-refractivity contribution in [1.82, 2.24) is 24.8 Å². The normalized spacial score (nSPS) is 10.4. The van der Waals surface area contributed by atoms with Crippen molar-refractivity contribution >= 4 is 11.9 Å². The number of nitrogens with one attached hydrogen (secondary N) is 1. The summed E-state index contributed by atoms with van der Waals surface area (Å²) in [6.07, 6.45) is 7.83. The molecule has 0 aliphatic carbocycles. The minimum Gasteiger partial charge on any atom is -0.352 e. The summed E-state index contributed by atoms with van der Waals surface area (Å²) in [5.74, 6) is 0.465. The molecule has 0 bridgehead atoms. The molecule has 0 radical (unpaired) electrons. The lowest BCUT2D eigenvalue weighted by Gasteiger charge is -2.12. The Bertz CT molecular complexity index is 594. The summed E-state index contributed by atoms with van der Waals surface area (Å²) in [6.45, 7) is 3.25. The van der Waals surface area contributed by atoms with E-state index in [1.165, 1.54) is 0 Å². The Labute approximate surface area is 124 Å². The average molecular weight is 288 g/mol. The second-order valence-corrected chi connectivity index (χ2v) is 4.97. The van der Waals surface area contributed by atoms with E-state index in [1.54, 1.807) is 23.6 Å². The molecule has 0 atom stereocenters. The zero-order valence-electron chi connectivity index (χ0n) is 12.6. The van der Waals surface area contributed by atoms with E-state index >= 15 is 0 Å². The van der Waals surface area contributed by atoms with Crippen LogP contribution in [0.15, 0.2) is 24.9 Å². The van der Waals surface area contributed by atoms with E-state index in [2.05, 4.69) is 20.3 Å². The van der Waals surface area contributed by atoms with Gasteiger partial charge < -0.3 is 14.8 Å². The van der Waals surface area contributed by atoms with Gasteiger partial charge in [-0.25, -0.2) is 15.0 Å². The molecule has 112 valence electrons. The Kier molecular flexibility index (Phi) is 4.86. The maximum atomic E-state index is 12.1. The predicted octanol–water partition coefficient (Wildman–Crippen LogP) is 0.868. The van der Waals surface area contributed by atoms with Gasteiger partial charge in [0.1, 0.15) is 0 Å². The second-order valence-electron chi connectivity index (χ2n) is 4.97. The van der Waals surface area contributed by atoms with Crippen LogP contribution in [0.4, 0.5) is 5.95 Å². The number of rotatable bonds is 6. The molecule has 2 heterocycles. The number of aryl methyl sites for hydroxylation is 2. The summed E-state index contributed by atoms with van der Waals surface area (Å²) in [7, 11) is 3.73. The van der Waals surface area contributed by atoms with E-state index in [-0.39, 0.29) is 5.91 Å².